The SMILES string of the molecule is O=S(=O)(CCc1ccccc1)N1CCc2cccc(F)c21. The summed E-state index contributed by atoms with van der Waals surface area (Å²) in [5, 5.41) is 0. The van der Waals surface area contributed by atoms with Gasteiger partial charge in [0.05, 0.1) is 11.4 Å². The molecule has 3 nitrogen and oxygen atoms in total. The molecule has 1 aliphatic heterocycles. The van der Waals surface area contributed by atoms with E-state index in [-0.39, 0.29) is 11.4 Å². The van der Waals surface area contributed by atoms with Crippen LogP contribution < -0.4 is 4.31 Å². The standard InChI is InChI=1S/C16H16FNO2S/c17-15-8-4-7-14-9-11-18(16(14)15)21(19,20)12-10-13-5-2-1-3-6-13/h1-8H,9-12H2. The molecular formula is C16H16FNO2S. The number of rotatable bonds is 4. The van der Waals surface area contributed by atoms with Crippen molar-refractivity contribution in [3.63, 3.8) is 0 Å². The van der Waals surface area contributed by atoms with Crippen molar-refractivity contribution < 1.29 is 12.8 Å². The lowest BCUT2D eigenvalue weighted by Crippen LogP contribution is -2.32. The summed E-state index contributed by atoms with van der Waals surface area (Å²) in [7, 11) is -3.50. The molecule has 5 heteroatoms. The molecule has 0 N–H and O–H groups in total. The van der Waals surface area contributed by atoms with Crippen LogP contribution in [0.25, 0.3) is 0 Å². The molecule has 21 heavy (non-hydrogen) atoms. The zero-order valence-electron chi connectivity index (χ0n) is 11.5. The molecule has 0 unspecified atom stereocenters. The predicted molar refractivity (Wildman–Crippen MR) is 81.4 cm³/mol. The van der Waals surface area contributed by atoms with Crippen LogP contribution >= 0.6 is 0 Å². The molecule has 110 valence electrons. The summed E-state index contributed by atoms with van der Waals surface area (Å²) in [5.41, 5.74) is 1.96. The van der Waals surface area contributed by atoms with E-state index in [9.17, 15) is 12.8 Å². The van der Waals surface area contributed by atoms with E-state index in [1.807, 2.05) is 30.3 Å². The molecule has 2 aromatic rings. The number of halogens is 1. The number of aryl methyl sites for hydroxylation is 1. The van der Waals surface area contributed by atoms with Gasteiger partial charge in [0.15, 0.2) is 0 Å². The van der Waals surface area contributed by atoms with Crippen molar-refractivity contribution in [3.05, 3.63) is 65.5 Å². The third kappa shape index (κ3) is 2.78. The largest absolute Gasteiger partial charge is 0.267 e. The highest BCUT2D eigenvalue weighted by Crippen LogP contribution is 2.33. The van der Waals surface area contributed by atoms with Crippen LogP contribution in [0.1, 0.15) is 11.1 Å². The Bertz CT molecular complexity index is 744. The van der Waals surface area contributed by atoms with Crippen molar-refractivity contribution in [2.24, 2.45) is 0 Å². The summed E-state index contributed by atoms with van der Waals surface area (Å²) in [6.45, 7) is 0.327. The van der Waals surface area contributed by atoms with E-state index in [2.05, 4.69) is 0 Å². The van der Waals surface area contributed by atoms with Crippen LogP contribution in [-0.2, 0) is 22.9 Å². The number of hydrogen-bond donors (Lipinski definition) is 0. The van der Waals surface area contributed by atoms with Crippen LogP contribution in [0.3, 0.4) is 0 Å². The molecule has 0 saturated carbocycles. The van der Waals surface area contributed by atoms with E-state index in [0.29, 0.717) is 19.4 Å². The summed E-state index contributed by atoms with van der Waals surface area (Å²) in [4.78, 5) is 0. The fourth-order valence-electron chi connectivity index (χ4n) is 2.65. The molecule has 1 heterocycles. The van der Waals surface area contributed by atoms with Gasteiger partial charge in [0.2, 0.25) is 10.0 Å². The number of benzene rings is 2. The summed E-state index contributed by atoms with van der Waals surface area (Å²) < 4.78 is 40.1. The minimum absolute atomic E-state index is 0.00914. The monoisotopic (exact) mass is 305 g/mol. The van der Waals surface area contributed by atoms with Gasteiger partial charge >= 0.3 is 0 Å². The van der Waals surface area contributed by atoms with Crippen LogP contribution in [0.4, 0.5) is 10.1 Å². The zero-order valence-corrected chi connectivity index (χ0v) is 12.3. The Labute approximate surface area is 124 Å². The first-order valence-corrected chi connectivity index (χ1v) is 8.50. The van der Waals surface area contributed by atoms with Crippen molar-refractivity contribution in [1.29, 1.82) is 0 Å². The molecule has 0 spiro atoms. The Morgan fingerprint density at radius 2 is 1.81 bits per heavy atom. The minimum atomic E-state index is -3.50. The maximum absolute atomic E-state index is 13.9. The van der Waals surface area contributed by atoms with Crippen LogP contribution in [0.5, 0.6) is 0 Å². The van der Waals surface area contributed by atoms with Crippen molar-refractivity contribution in [2.45, 2.75) is 12.8 Å². The molecule has 1 aliphatic rings. The molecule has 0 radical (unpaired) electrons. The normalized spacial score (nSPS) is 14.2. The summed E-state index contributed by atoms with van der Waals surface area (Å²) in [6.07, 6.45) is 1.00. The highest BCUT2D eigenvalue weighted by atomic mass is 32.2. The Kier molecular flexibility index (Phi) is 3.68. The number of fused-ring (bicyclic) bond motifs is 1. The molecule has 0 aromatic heterocycles. The first kappa shape index (κ1) is 14.1. The van der Waals surface area contributed by atoms with Gasteiger partial charge in [-0.2, -0.15) is 0 Å². The molecule has 0 bridgehead atoms. The first-order chi connectivity index (χ1) is 10.1. The lowest BCUT2D eigenvalue weighted by atomic mass is 10.2. The molecule has 0 atom stereocenters. The lowest BCUT2D eigenvalue weighted by Gasteiger charge is -2.20. The van der Waals surface area contributed by atoms with Gasteiger partial charge in [-0.15, -0.1) is 0 Å². The average Bonchev–Trinajstić information content (AvgIpc) is 2.93. The predicted octanol–water partition coefficient (Wildman–Crippen LogP) is 2.76. The number of anilines is 1. The quantitative estimate of drug-likeness (QED) is 0.871. The third-order valence-corrected chi connectivity index (χ3v) is 5.49. The van der Waals surface area contributed by atoms with Crippen molar-refractivity contribution in [1.82, 2.24) is 0 Å². The van der Waals surface area contributed by atoms with Gasteiger partial charge in [-0.05, 0) is 30.0 Å². The van der Waals surface area contributed by atoms with Gasteiger partial charge in [-0.3, -0.25) is 4.31 Å². The average molecular weight is 305 g/mol. The van der Waals surface area contributed by atoms with Gasteiger partial charge in [-0.1, -0.05) is 42.5 Å². The van der Waals surface area contributed by atoms with Gasteiger partial charge in [0, 0.05) is 6.54 Å². The van der Waals surface area contributed by atoms with Gasteiger partial charge in [-0.25, -0.2) is 12.8 Å². The van der Waals surface area contributed by atoms with Crippen molar-refractivity contribution >= 4 is 15.7 Å². The number of nitrogens with zero attached hydrogens (tertiary/aromatic N) is 1. The Balaban J connectivity index is 1.82. The number of hydrogen-bond acceptors (Lipinski definition) is 2. The highest BCUT2D eigenvalue weighted by molar-refractivity contribution is 7.92. The second-order valence-electron chi connectivity index (χ2n) is 5.12. The fourth-order valence-corrected chi connectivity index (χ4v) is 4.22. The van der Waals surface area contributed by atoms with Crippen LogP contribution in [0.15, 0.2) is 48.5 Å². The van der Waals surface area contributed by atoms with E-state index in [4.69, 9.17) is 0 Å². The van der Waals surface area contributed by atoms with Gasteiger partial charge in [0.1, 0.15) is 5.82 Å². The molecule has 0 amide bonds. The van der Waals surface area contributed by atoms with E-state index >= 15 is 0 Å². The Morgan fingerprint density at radius 1 is 1.05 bits per heavy atom. The van der Waals surface area contributed by atoms with E-state index in [1.165, 1.54) is 10.4 Å². The molecule has 3 rings (SSSR count). The second-order valence-corrected chi connectivity index (χ2v) is 7.13. The van der Waals surface area contributed by atoms with Crippen LogP contribution in [0.2, 0.25) is 0 Å². The molecular weight excluding hydrogens is 289 g/mol. The second kappa shape index (κ2) is 5.48. The van der Waals surface area contributed by atoms with Crippen molar-refractivity contribution in [2.75, 3.05) is 16.6 Å². The summed E-state index contributed by atoms with van der Waals surface area (Å²) >= 11 is 0. The Hall–Kier alpha value is -1.88. The molecule has 0 aliphatic carbocycles. The maximum atomic E-state index is 13.9. The molecule has 0 fully saturated rings. The Morgan fingerprint density at radius 3 is 2.57 bits per heavy atom. The smallest absolute Gasteiger partial charge is 0.235 e. The van der Waals surface area contributed by atoms with Crippen molar-refractivity contribution in [3.8, 4) is 0 Å². The van der Waals surface area contributed by atoms with Gasteiger partial charge < -0.3 is 0 Å². The molecule has 2 aromatic carbocycles. The minimum Gasteiger partial charge on any atom is -0.267 e. The topological polar surface area (TPSA) is 37.4 Å². The fraction of sp³-hybridized carbons (Fsp3) is 0.250. The van der Waals surface area contributed by atoms with Crippen LogP contribution in [-0.4, -0.2) is 20.7 Å². The summed E-state index contributed by atoms with van der Waals surface area (Å²) in [5.74, 6) is -0.474. The molecule has 0 saturated heterocycles. The van der Waals surface area contributed by atoms with Crippen LogP contribution in [0, 0.1) is 5.82 Å². The van der Waals surface area contributed by atoms with Gasteiger partial charge in [0.25, 0.3) is 0 Å². The number of para-hydroxylation sites is 1. The maximum Gasteiger partial charge on any atom is 0.235 e. The summed E-state index contributed by atoms with van der Waals surface area (Å²) in [6, 6.07) is 14.2. The zero-order chi connectivity index (χ0) is 14.9. The third-order valence-electron chi connectivity index (χ3n) is 3.73. The van der Waals surface area contributed by atoms with E-state index < -0.39 is 15.8 Å². The lowest BCUT2D eigenvalue weighted by molar-refractivity contribution is 0.587. The highest BCUT2D eigenvalue weighted by Gasteiger charge is 2.31. The number of sulfonamides is 1. The van der Waals surface area contributed by atoms with E-state index in [1.54, 1.807) is 12.1 Å². The van der Waals surface area contributed by atoms with E-state index in [0.717, 1.165) is 11.1 Å². The first-order valence-electron chi connectivity index (χ1n) is 6.90.